The van der Waals surface area contributed by atoms with Gasteiger partial charge in [-0.15, -0.1) is 0 Å². The van der Waals surface area contributed by atoms with Crippen molar-refractivity contribution in [1.29, 1.82) is 0 Å². The molecule has 0 saturated carbocycles. The standard InChI is InChI=1S/C22H19Cl2NO2/c23-18-13-17(14-19(24)15-18)22(26)25-20-10-4-5-11-21(20)27-12-6-9-16-7-2-1-3-8-16/h1-5,7-8,10-11,13-15H,6,9,12H2,(H,25,26). The number of carbonyl (C=O) groups is 1. The fourth-order valence-corrected chi connectivity index (χ4v) is 3.20. The summed E-state index contributed by atoms with van der Waals surface area (Å²) in [7, 11) is 0. The van der Waals surface area contributed by atoms with E-state index in [0.717, 1.165) is 12.8 Å². The second-order valence-corrected chi connectivity index (χ2v) is 6.92. The average molecular weight is 400 g/mol. The molecule has 3 aromatic rings. The number of para-hydroxylation sites is 2. The quantitative estimate of drug-likeness (QED) is 0.476. The second kappa shape index (κ2) is 9.45. The predicted octanol–water partition coefficient (Wildman–Crippen LogP) is 6.26. The lowest BCUT2D eigenvalue weighted by molar-refractivity contribution is 0.102. The van der Waals surface area contributed by atoms with Gasteiger partial charge in [-0.25, -0.2) is 0 Å². The van der Waals surface area contributed by atoms with Gasteiger partial charge in [0.25, 0.3) is 5.91 Å². The summed E-state index contributed by atoms with van der Waals surface area (Å²) in [5.41, 5.74) is 2.28. The summed E-state index contributed by atoms with van der Waals surface area (Å²) >= 11 is 11.9. The van der Waals surface area contributed by atoms with Crippen LogP contribution in [0, 0.1) is 0 Å². The van der Waals surface area contributed by atoms with Crippen LogP contribution in [0.15, 0.2) is 72.8 Å². The van der Waals surface area contributed by atoms with Crippen LogP contribution < -0.4 is 10.1 Å². The monoisotopic (exact) mass is 399 g/mol. The summed E-state index contributed by atoms with van der Waals surface area (Å²) in [4.78, 5) is 12.5. The highest BCUT2D eigenvalue weighted by molar-refractivity contribution is 6.35. The Kier molecular flexibility index (Phi) is 6.74. The first-order chi connectivity index (χ1) is 13.1. The van der Waals surface area contributed by atoms with E-state index in [4.69, 9.17) is 27.9 Å². The minimum absolute atomic E-state index is 0.292. The van der Waals surface area contributed by atoms with Crippen LogP contribution in [-0.4, -0.2) is 12.5 Å². The fraction of sp³-hybridized carbons (Fsp3) is 0.136. The highest BCUT2D eigenvalue weighted by Crippen LogP contribution is 2.26. The van der Waals surface area contributed by atoms with Gasteiger partial charge in [-0.2, -0.15) is 0 Å². The van der Waals surface area contributed by atoms with E-state index in [1.165, 1.54) is 5.56 Å². The van der Waals surface area contributed by atoms with Gasteiger partial charge in [0.15, 0.2) is 0 Å². The van der Waals surface area contributed by atoms with Crippen molar-refractivity contribution in [2.75, 3.05) is 11.9 Å². The number of ether oxygens (including phenoxy) is 1. The van der Waals surface area contributed by atoms with Crippen molar-refractivity contribution in [2.45, 2.75) is 12.8 Å². The Morgan fingerprint density at radius 3 is 2.30 bits per heavy atom. The van der Waals surface area contributed by atoms with Gasteiger partial charge < -0.3 is 10.1 Å². The van der Waals surface area contributed by atoms with Crippen molar-refractivity contribution in [3.8, 4) is 5.75 Å². The van der Waals surface area contributed by atoms with Crippen molar-refractivity contribution in [2.24, 2.45) is 0 Å². The number of nitrogens with one attached hydrogen (secondary N) is 1. The molecule has 0 unspecified atom stereocenters. The molecule has 0 saturated heterocycles. The van der Waals surface area contributed by atoms with Gasteiger partial charge in [0, 0.05) is 15.6 Å². The van der Waals surface area contributed by atoms with Crippen LogP contribution in [0.25, 0.3) is 0 Å². The molecule has 0 bridgehead atoms. The van der Waals surface area contributed by atoms with E-state index in [9.17, 15) is 4.79 Å². The predicted molar refractivity (Wildman–Crippen MR) is 111 cm³/mol. The highest BCUT2D eigenvalue weighted by Gasteiger charge is 2.11. The number of hydrogen-bond acceptors (Lipinski definition) is 2. The molecule has 0 aliphatic heterocycles. The van der Waals surface area contributed by atoms with E-state index >= 15 is 0 Å². The first-order valence-electron chi connectivity index (χ1n) is 8.65. The van der Waals surface area contributed by atoms with Crippen LogP contribution in [0.3, 0.4) is 0 Å². The van der Waals surface area contributed by atoms with E-state index in [0.29, 0.717) is 33.7 Å². The third-order valence-electron chi connectivity index (χ3n) is 3.97. The first kappa shape index (κ1) is 19.3. The Hall–Kier alpha value is -2.49. The van der Waals surface area contributed by atoms with Crippen LogP contribution in [0.2, 0.25) is 10.0 Å². The SMILES string of the molecule is O=C(Nc1ccccc1OCCCc1ccccc1)c1cc(Cl)cc(Cl)c1. The molecule has 5 heteroatoms. The van der Waals surface area contributed by atoms with Crippen LogP contribution in [0.1, 0.15) is 22.3 Å². The van der Waals surface area contributed by atoms with Crippen LogP contribution in [0.5, 0.6) is 5.75 Å². The van der Waals surface area contributed by atoms with Crippen LogP contribution >= 0.6 is 23.2 Å². The van der Waals surface area contributed by atoms with E-state index < -0.39 is 0 Å². The third kappa shape index (κ3) is 5.75. The molecule has 27 heavy (non-hydrogen) atoms. The number of anilines is 1. The van der Waals surface area contributed by atoms with Gasteiger partial charge in [-0.1, -0.05) is 65.7 Å². The molecule has 3 nitrogen and oxygen atoms in total. The zero-order valence-electron chi connectivity index (χ0n) is 14.6. The van der Waals surface area contributed by atoms with Gasteiger partial charge in [-0.3, -0.25) is 4.79 Å². The van der Waals surface area contributed by atoms with Crippen molar-refractivity contribution in [1.82, 2.24) is 0 Å². The molecule has 3 aromatic carbocycles. The average Bonchev–Trinajstić information content (AvgIpc) is 2.66. The Morgan fingerprint density at radius 1 is 0.889 bits per heavy atom. The molecule has 0 aromatic heterocycles. The number of carbonyl (C=O) groups excluding carboxylic acids is 1. The molecule has 3 rings (SSSR count). The molecule has 138 valence electrons. The van der Waals surface area contributed by atoms with Crippen molar-refractivity contribution < 1.29 is 9.53 Å². The molecule has 0 fully saturated rings. The lowest BCUT2D eigenvalue weighted by Crippen LogP contribution is -2.13. The first-order valence-corrected chi connectivity index (χ1v) is 9.40. The molecule has 0 spiro atoms. The van der Waals surface area contributed by atoms with Gasteiger partial charge in [0.1, 0.15) is 5.75 Å². The third-order valence-corrected chi connectivity index (χ3v) is 4.41. The second-order valence-electron chi connectivity index (χ2n) is 6.05. The lowest BCUT2D eigenvalue weighted by Gasteiger charge is -2.13. The van der Waals surface area contributed by atoms with Gasteiger partial charge >= 0.3 is 0 Å². The molecular formula is C22H19Cl2NO2. The highest BCUT2D eigenvalue weighted by atomic mass is 35.5. The molecule has 0 heterocycles. The topological polar surface area (TPSA) is 38.3 Å². The van der Waals surface area contributed by atoms with E-state index in [2.05, 4.69) is 17.4 Å². The minimum atomic E-state index is -0.292. The Balaban J connectivity index is 1.60. The number of aryl methyl sites for hydroxylation is 1. The molecule has 1 amide bonds. The van der Waals surface area contributed by atoms with Gasteiger partial charge in [0.2, 0.25) is 0 Å². The summed E-state index contributed by atoms with van der Waals surface area (Å²) in [6.45, 7) is 0.560. The summed E-state index contributed by atoms with van der Waals surface area (Å²) in [6.07, 6.45) is 1.83. The van der Waals surface area contributed by atoms with Crippen LogP contribution in [0.4, 0.5) is 5.69 Å². The molecule has 0 aliphatic carbocycles. The Bertz CT molecular complexity index is 893. The maximum absolute atomic E-state index is 12.5. The zero-order chi connectivity index (χ0) is 19.1. The Labute approximate surface area is 168 Å². The summed E-state index contributed by atoms with van der Waals surface area (Å²) in [5, 5.41) is 3.69. The number of benzene rings is 3. The van der Waals surface area contributed by atoms with E-state index in [1.807, 2.05) is 36.4 Å². The molecule has 0 aliphatic rings. The number of hydrogen-bond donors (Lipinski definition) is 1. The normalized spacial score (nSPS) is 10.4. The molecule has 0 radical (unpaired) electrons. The largest absolute Gasteiger partial charge is 0.491 e. The van der Waals surface area contributed by atoms with Crippen LogP contribution in [-0.2, 0) is 6.42 Å². The molecule has 0 atom stereocenters. The molecule has 1 N–H and O–H groups in total. The minimum Gasteiger partial charge on any atom is -0.491 e. The molecular weight excluding hydrogens is 381 g/mol. The zero-order valence-corrected chi connectivity index (χ0v) is 16.1. The van der Waals surface area contributed by atoms with Gasteiger partial charge in [-0.05, 0) is 48.7 Å². The van der Waals surface area contributed by atoms with Gasteiger partial charge in [0.05, 0.1) is 12.3 Å². The summed E-state index contributed by atoms with van der Waals surface area (Å²) in [5.74, 6) is 0.340. The van der Waals surface area contributed by atoms with Crippen molar-refractivity contribution in [3.05, 3.63) is 94.0 Å². The fourth-order valence-electron chi connectivity index (χ4n) is 2.68. The number of halogens is 2. The van der Waals surface area contributed by atoms with Crippen molar-refractivity contribution in [3.63, 3.8) is 0 Å². The van der Waals surface area contributed by atoms with Crippen molar-refractivity contribution >= 4 is 34.8 Å². The number of amides is 1. The Morgan fingerprint density at radius 2 is 1.56 bits per heavy atom. The number of rotatable bonds is 7. The van der Waals surface area contributed by atoms with E-state index in [-0.39, 0.29) is 5.91 Å². The summed E-state index contributed by atoms with van der Waals surface area (Å²) < 4.78 is 5.88. The lowest BCUT2D eigenvalue weighted by atomic mass is 10.1. The smallest absolute Gasteiger partial charge is 0.255 e. The van der Waals surface area contributed by atoms with E-state index in [1.54, 1.807) is 24.3 Å². The summed E-state index contributed by atoms with van der Waals surface area (Å²) in [6, 6.07) is 22.4. The maximum atomic E-state index is 12.5. The maximum Gasteiger partial charge on any atom is 0.255 e.